The van der Waals surface area contributed by atoms with E-state index in [4.69, 9.17) is 10.8 Å². The van der Waals surface area contributed by atoms with Gasteiger partial charge in [-0.25, -0.2) is 9.18 Å². The van der Waals surface area contributed by atoms with Gasteiger partial charge in [-0.15, -0.1) is 0 Å². The van der Waals surface area contributed by atoms with Crippen LogP contribution in [-0.2, 0) is 0 Å². The average Bonchev–Trinajstić information content (AvgIpc) is 2.28. The van der Waals surface area contributed by atoms with E-state index in [2.05, 4.69) is 4.98 Å². The molecule has 0 saturated carbocycles. The van der Waals surface area contributed by atoms with Crippen molar-refractivity contribution in [3.05, 3.63) is 34.1 Å². The number of nitrogens with two attached hydrogens (primary N) is 1. The molecule has 0 radical (unpaired) electrons. The average molecular weight is 259 g/mol. The van der Waals surface area contributed by atoms with Crippen LogP contribution in [0.5, 0.6) is 0 Å². The summed E-state index contributed by atoms with van der Waals surface area (Å²) in [5, 5.41) is 28.3. The molecule has 0 amide bonds. The zero-order chi connectivity index (χ0) is 13.9. The lowest BCUT2D eigenvalue weighted by Crippen LogP contribution is -2.35. The molecule has 2 atom stereocenters. The smallest absolute Gasteiger partial charge is 0.351 e. The van der Waals surface area contributed by atoms with E-state index in [1.54, 1.807) is 0 Å². The fourth-order valence-corrected chi connectivity index (χ4v) is 1.37. The molecule has 0 spiro atoms. The van der Waals surface area contributed by atoms with Crippen molar-refractivity contribution in [3.8, 4) is 0 Å². The Balaban J connectivity index is 3.11. The minimum absolute atomic E-state index is 0.0439. The van der Waals surface area contributed by atoms with E-state index in [1.165, 1.54) is 6.07 Å². The maximum atomic E-state index is 13.0. The molecule has 100 valence electrons. The molecular weight excluding hydrogens is 245 g/mol. The predicted octanol–water partition coefficient (Wildman–Crippen LogP) is -1.09. The number of nitrogens with zero attached hydrogens (tertiary/aromatic N) is 2. The van der Waals surface area contributed by atoms with Gasteiger partial charge in [0.25, 0.3) is 0 Å². The first kappa shape index (κ1) is 14.3. The highest BCUT2D eigenvalue weighted by atomic mass is 19.1. The van der Waals surface area contributed by atoms with Crippen molar-refractivity contribution >= 4 is 5.82 Å². The second-order valence-corrected chi connectivity index (χ2v) is 3.62. The van der Waals surface area contributed by atoms with Crippen molar-refractivity contribution in [1.82, 2.24) is 9.55 Å². The van der Waals surface area contributed by atoms with Crippen LogP contribution in [-0.4, -0.2) is 37.6 Å². The van der Waals surface area contributed by atoms with Gasteiger partial charge >= 0.3 is 5.69 Å². The van der Waals surface area contributed by atoms with Gasteiger partial charge in [0.15, 0.2) is 6.23 Å². The van der Waals surface area contributed by atoms with Crippen LogP contribution in [0, 0.1) is 0 Å². The third kappa shape index (κ3) is 2.92. The van der Waals surface area contributed by atoms with Gasteiger partial charge in [-0.2, -0.15) is 4.98 Å². The quantitative estimate of drug-likeness (QED) is 0.545. The SMILES string of the molecule is C/C(F)=C(/CO)[C@@H](O)[C@@H](O)n1ccc(N)nc1=O. The highest BCUT2D eigenvalue weighted by Gasteiger charge is 2.24. The number of anilines is 1. The third-order valence-corrected chi connectivity index (χ3v) is 2.39. The summed E-state index contributed by atoms with van der Waals surface area (Å²) in [6.07, 6.45) is -2.41. The Bertz CT molecular complexity index is 510. The molecule has 1 aromatic rings. The fraction of sp³-hybridized carbons (Fsp3) is 0.400. The molecule has 0 bridgehead atoms. The molecule has 0 fully saturated rings. The van der Waals surface area contributed by atoms with Crippen LogP contribution in [0.3, 0.4) is 0 Å². The molecule has 8 heteroatoms. The molecule has 0 aliphatic heterocycles. The number of rotatable bonds is 4. The van der Waals surface area contributed by atoms with Crippen molar-refractivity contribution < 1.29 is 19.7 Å². The zero-order valence-corrected chi connectivity index (χ0v) is 9.62. The number of aliphatic hydroxyl groups excluding tert-OH is 3. The molecule has 0 saturated heterocycles. The van der Waals surface area contributed by atoms with Gasteiger partial charge < -0.3 is 21.1 Å². The van der Waals surface area contributed by atoms with Gasteiger partial charge in [0.1, 0.15) is 17.7 Å². The van der Waals surface area contributed by atoms with Gasteiger partial charge in [-0.05, 0) is 13.0 Å². The summed E-state index contributed by atoms with van der Waals surface area (Å²) < 4.78 is 13.7. The van der Waals surface area contributed by atoms with Gasteiger partial charge in [-0.3, -0.25) is 4.57 Å². The van der Waals surface area contributed by atoms with Crippen LogP contribution < -0.4 is 11.4 Å². The molecule has 0 aliphatic carbocycles. The molecule has 0 unspecified atom stereocenters. The molecule has 7 nitrogen and oxygen atoms in total. The number of halogens is 1. The lowest BCUT2D eigenvalue weighted by Gasteiger charge is -2.21. The minimum atomic E-state index is -1.77. The number of aromatic nitrogens is 2. The molecule has 1 heterocycles. The first-order chi connectivity index (χ1) is 8.38. The Labute approximate surface area is 102 Å². The number of nitrogen functional groups attached to an aromatic ring is 1. The first-order valence-corrected chi connectivity index (χ1v) is 5.05. The van der Waals surface area contributed by atoms with E-state index >= 15 is 0 Å². The molecule has 1 aromatic heterocycles. The predicted molar refractivity (Wildman–Crippen MR) is 61.1 cm³/mol. The van der Waals surface area contributed by atoms with Crippen LogP contribution >= 0.6 is 0 Å². The highest BCUT2D eigenvalue weighted by Crippen LogP contribution is 2.18. The molecule has 0 aromatic carbocycles. The summed E-state index contributed by atoms with van der Waals surface area (Å²) in [6.45, 7) is 0.239. The lowest BCUT2D eigenvalue weighted by atomic mass is 10.1. The van der Waals surface area contributed by atoms with Gasteiger partial charge in [0.2, 0.25) is 0 Å². The van der Waals surface area contributed by atoms with E-state index < -0.39 is 36.0 Å². The summed E-state index contributed by atoms with van der Waals surface area (Å²) in [6, 6.07) is 1.24. The summed E-state index contributed by atoms with van der Waals surface area (Å²) in [5.41, 5.74) is 3.96. The fourth-order valence-electron chi connectivity index (χ4n) is 1.37. The summed E-state index contributed by atoms with van der Waals surface area (Å²) in [4.78, 5) is 14.7. The van der Waals surface area contributed by atoms with E-state index in [-0.39, 0.29) is 5.82 Å². The number of allylic oxidation sites excluding steroid dienone is 1. The van der Waals surface area contributed by atoms with Crippen molar-refractivity contribution in [1.29, 1.82) is 0 Å². The normalized spacial score (nSPS) is 16.1. The lowest BCUT2D eigenvalue weighted by molar-refractivity contribution is -0.0172. The Kier molecular flexibility index (Phi) is 4.54. The Morgan fingerprint density at radius 3 is 2.67 bits per heavy atom. The minimum Gasteiger partial charge on any atom is -0.392 e. The van der Waals surface area contributed by atoms with Gasteiger partial charge in [0.05, 0.1) is 6.61 Å². The van der Waals surface area contributed by atoms with E-state index in [0.717, 1.165) is 13.1 Å². The highest BCUT2D eigenvalue weighted by molar-refractivity contribution is 5.24. The standard InChI is InChI=1S/C10H14FN3O4/c1-5(11)6(4-15)8(16)9(17)14-3-2-7(12)13-10(14)18/h2-3,8-9,15-17H,4H2,1H3,(H2,12,13,18)/b6-5+/t8-,9-/m1/s1. The molecule has 1 rings (SSSR count). The largest absolute Gasteiger partial charge is 0.392 e. The van der Waals surface area contributed by atoms with Crippen LogP contribution in [0.25, 0.3) is 0 Å². The number of aliphatic hydroxyl groups is 3. The second kappa shape index (κ2) is 5.71. The maximum Gasteiger partial charge on any atom is 0.351 e. The maximum absolute atomic E-state index is 13.0. The summed E-state index contributed by atoms with van der Waals surface area (Å²) in [7, 11) is 0. The van der Waals surface area contributed by atoms with Crippen LogP contribution in [0.1, 0.15) is 13.2 Å². The monoisotopic (exact) mass is 259 g/mol. The van der Waals surface area contributed by atoms with E-state index in [0.29, 0.717) is 4.57 Å². The molecule has 5 N–H and O–H groups in total. The summed E-state index contributed by atoms with van der Waals surface area (Å²) in [5.74, 6) is -0.877. The van der Waals surface area contributed by atoms with E-state index in [9.17, 15) is 19.4 Å². The van der Waals surface area contributed by atoms with Crippen molar-refractivity contribution in [3.63, 3.8) is 0 Å². The summed E-state index contributed by atoms with van der Waals surface area (Å²) >= 11 is 0. The number of hydrogen-bond donors (Lipinski definition) is 4. The topological polar surface area (TPSA) is 122 Å². The van der Waals surface area contributed by atoms with Crippen molar-refractivity contribution in [2.75, 3.05) is 12.3 Å². The van der Waals surface area contributed by atoms with Gasteiger partial charge in [-0.1, -0.05) is 0 Å². The third-order valence-electron chi connectivity index (χ3n) is 2.39. The molecular formula is C10H14FN3O4. The second-order valence-electron chi connectivity index (χ2n) is 3.62. The van der Waals surface area contributed by atoms with Crippen LogP contribution in [0.2, 0.25) is 0 Å². The Morgan fingerprint density at radius 2 is 2.22 bits per heavy atom. The van der Waals surface area contributed by atoms with E-state index in [1.807, 2.05) is 0 Å². The van der Waals surface area contributed by atoms with Gasteiger partial charge in [0, 0.05) is 11.8 Å². The molecule has 18 heavy (non-hydrogen) atoms. The first-order valence-electron chi connectivity index (χ1n) is 5.05. The zero-order valence-electron chi connectivity index (χ0n) is 9.62. The molecule has 0 aliphatic rings. The van der Waals surface area contributed by atoms with Crippen molar-refractivity contribution in [2.45, 2.75) is 19.3 Å². The van der Waals surface area contributed by atoms with Crippen LogP contribution in [0.15, 0.2) is 28.5 Å². The van der Waals surface area contributed by atoms with Crippen LogP contribution in [0.4, 0.5) is 10.2 Å². The van der Waals surface area contributed by atoms with Crippen molar-refractivity contribution in [2.24, 2.45) is 0 Å². The Morgan fingerprint density at radius 1 is 1.61 bits per heavy atom. The Hall–Kier alpha value is -1.77. The number of hydrogen-bond acceptors (Lipinski definition) is 6.